The molecule has 94 valence electrons. The maximum Gasteiger partial charge on any atom is 0.146 e. The number of aliphatic hydroxyl groups excluding tert-OH is 1. The van der Waals surface area contributed by atoms with Crippen LogP contribution in [0.2, 0.25) is 0 Å². The zero-order valence-electron chi connectivity index (χ0n) is 10.1. The van der Waals surface area contributed by atoms with Crippen LogP contribution in [0.4, 0.5) is 5.69 Å². The van der Waals surface area contributed by atoms with Gasteiger partial charge in [0.05, 0.1) is 26.0 Å². The van der Waals surface area contributed by atoms with Gasteiger partial charge in [0.1, 0.15) is 11.5 Å². The molecule has 0 saturated heterocycles. The molecular formula is C12H18N2O3. The minimum atomic E-state index is -0.583. The normalized spacial score (nSPS) is 22.6. The fourth-order valence-electron chi connectivity index (χ4n) is 2.12. The number of fused-ring (bicyclic) bond motifs is 1. The molecule has 1 heterocycles. The molecule has 0 saturated carbocycles. The minimum absolute atomic E-state index is 0.0133. The van der Waals surface area contributed by atoms with E-state index in [-0.39, 0.29) is 5.92 Å². The van der Waals surface area contributed by atoms with Crippen molar-refractivity contribution in [2.24, 2.45) is 11.7 Å². The molecule has 0 amide bonds. The smallest absolute Gasteiger partial charge is 0.146 e. The Morgan fingerprint density at radius 1 is 1.41 bits per heavy atom. The Bertz CT molecular complexity index is 409. The first-order valence-electron chi connectivity index (χ1n) is 5.59. The molecule has 0 radical (unpaired) electrons. The third kappa shape index (κ3) is 2.03. The summed E-state index contributed by atoms with van der Waals surface area (Å²) in [4.78, 5) is 0. The molecule has 0 fully saturated rings. The molecule has 0 spiro atoms. The summed E-state index contributed by atoms with van der Waals surface area (Å²) in [5, 5.41) is 13.5. The van der Waals surface area contributed by atoms with E-state index in [4.69, 9.17) is 15.2 Å². The highest BCUT2D eigenvalue weighted by Crippen LogP contribution is 2.41. The van der Waals surface area contributed by atoms with Crippen LogP contribution in [-0.2, 0) is 0 Å². The number of anilines is 1. The van der Waals surface area contributed by atoms with Gasteiger partial charge in [0.15, 0.2) is 0 Å². The van der Waals surface area contributed by atoms with Gasteiger partial charge in [-0.15, -0.1) is 0 Å². The number of ether oxygens (including phenoxy) is 2. The van der Waals surface area contributed by atoms with Crippen LogP contribution in [0.25, 0.3) is 0 Å². The number of methoxy groups -OCH3 is 2. The maximum absolute atomic E-state index is 10.2. The molecule has 1 aliphatic heterocycles. The fraction of sp³-hybridized carbons (Fsp3) is 0.500. The molecule has 1 aromatic rings. The molecule has 4 N–H and O–H groups in total. The number of hydrogen-bond donors (Lipinski definition) is 3. The summed E-state index contributed by atoms with van der Waals surface area (Å²) in [6, 6.07) is 3.61. The second-order valence-corrected chi connectivity index (χ2v) is 4.12. The second kappa shape index (κ2) is 4.81. The third-order valence-corrected chi connectivity index (χ3v) is 3.17. The molecule has 2 rings (SSSR count). The van der Waals surface area contributed by atoms with Gasteiger partial charge < -0.3 is 25.6 Å². The molecule has 0 aromatic heterocycles. The summed E-state index contributed by atoms with van der Waals surface area (Å²) in [5.74, 6) is 1.35. The summed E-state index contributed by atoms with van der Waals surface area (Å²) < 4.78 is 10.5. The Labute approximate surface area is 101 Å². The SMILES string of the molecule is COc1cc(OC)c2c(c1)[C@H](O)[C@@H](CN)CN2. The number of benzene rings is 1. The van der Waals surface area contributed by atoms with Crippen molar-refractivity contribution in [2.75, 3.05) is 32.6 Å². The van der Waals surface area contributed by atoms with Gasteiger partial charge in [-0.25, -0.2) is 0 Å². The summed E-state index contributed by atoms with van der Waals surface area (Å²) in [6.45, 7) is 1.08. The number of hydrogen-bond acceptors (Lipinski definition) is 5. The first-order chi connectivity index (χ1) is 8.21. The summed E-state index contributed by atoms with van der Waals surface area (Å²) >= 11 is 0. The van der Waals surface area contributed by atoms with Crippen LogP contribution in [0.3, 0.4) is 0 Å². The summed E-state index contributed by atoms with van der Waals surface area (Å²) in [5.41, 5.74) is 7.23. The van der Waals surface area contributed by atoms with E-state index in [0.717, 1.165) is 11.3 Å². The lowest BCUT2D eigenvalue weighted by atomic mass is 9.90. The molecular weight excluding hydrogens is 220 g/mol. The predicted octanol–water partition coefficient (Wildman–Crippen LogP) is 0.738. The highest BCUT2D eigenvalue weighted by molar-refractivity contribution is 5.67. The van der Waals surface area contributed by atoms with Gasteiger partial charge in [-0.2, -0.15) is 0 Å². The van der Waals surface area contributed by atoms with Crippen LogP contribution in [0, 0.1) is 5.92 Å². The highest BCUT2D eigenvalue weighted by Gasteiger charge is 2.29. The number of nitrogens with one attached hydrogen (secondary N) is 1. The van der Waals surface area contributed by atoms with Gasteiger partial charge in [-0.3, -0.25) is 0 Å². The van der Waals surface area contributed by atoms with E-state index in [1.54, 1.807) is 20.3 Å². The quantitative estimate of drug-likeness (QED) is 0.724. The lowest BCUT2D eigenvalue weighted by Crippen LogP contribution is -2.33. The van der Waals surface area contributed by atoms with Crippen molar-refractivity contribution in [1.29, 1.82) is 0 Å². The zero-order valence-corrected chi connectivity index (χ0v) is 10.1. The average molecular weight is 238 g/mol. The fourth-order valence-corrected chi connectivity index (χ4v) is 2.12. The first-order valence-corrected chi connectivity index (χ1v) is 5.59. The van der Waals surface area contributed by atoms with Crippen molar-refractivity contribution in [2.45, 2.75) is 6.10 Å². The number of nitrogens with two attached hydrogens (primary N) is 1. The van der Waals surface area contributed by atoms with Crippen molar-refractivity contribution in [1.82, 2.24) is 0 Å². The Kier molecular flexibility index (Phi) is 3.40. The van der Waals surface area contributed by atoms with Crippen LogP contribution in [0.15, 0.2) is 12.1 Å². The highest BCUT2D eigenvalue weighted by atomic mass is 16.5. The molecule has 5 heteroatoms. The van der Waals surface area contributed by atoms with Crippen LogP contribution in [0.5, 0.6) is 11.5 Å². The Balaban J connectivity index is 2.47. The van der Waals surface area contributed by atoms with Crippen LogP contribution in [0.1, 0.15) is 11.7 Å². The van der Waals surface area contributed by atoms with Gasteiger partial charge in [0, 0.05) is 24.1 Å². The summed E-state index contributed by atoms with van der Waals surface area (Å²) in [6.07, 6.45) is -0.583. The van der Waals surface area contributed by atoms with Crippen LogP contribution >= 0.6 is 0 Å². The van der Waals surface area contributed by atoms with E-state index < -0.39 is 6.10 Å². The molecule has 1 aliphatic rings. The molecule has 0 unspecified atom stereocenters. The average Bonchev–Trinajstić information content (AvgIpc) is 2.38. The monoisotopic (exact) mass is 238 g/mol. The van der Waals surface area contributed by atoms with Crippen LogP contribution in [-0.4, -0.2) is 32.4 Å². The Hall–Kier alpha value is -1.46. The Morgan fingerprint density at radius 2 is 2.18 bits per heavy atom. The topological polar surface area (TPSA) is 76.7 Å². The van der Waals surface area contributed by atoms with Gasteiger partial charge in [0.2, 0.25) is 0 Å². The molecule has 17 heavy (non-hydrogen) atoms. The third-order valence-electron chi connectivity index (χ3n) is 3.17. The van der Waals surface area contributed by atoms with E-state index in [2.05, 4.69) is 5.32 Å². The van der Waals surface area contributed by atoms with Crippen molar-refractivity contribution >= 4 is 5.69 Å². The van der Waals surface area contributed by atoms with E-state index in [9.17, 15) is 5.11 Å². The first kappa shape index (κ1) is 12.0. The molecule has 1 aromatic carbocycles. The molecule has 0 aliphatic carbocycles. The predicted molar refractivity (Wildman–Crippen MR) is 65.5 cm³/mol. The van der Waals surface area contributed by atoms with Gasteiger partial charge >= 0.3 is 0 Å². The molecule has 2 atom stereocenters. The van der Waals surface area contributed by atoms with Crippen molar-refractivity contribution in [3.05, 3.63) is 17.7 Å². The van der Waals surface area contributed by atoms with Gasteiger partial charge in [-0.1, -0.05) is 0 Å². The minimum Gasteiger partial charge on any atom is -0.497 e. The van der Waals surface area contributed by atoms with Crippen molar-refractivity contribution in [3.8, 4) is 11.5 Å². The van der Waals surface area contributed by atoms with E-state index >= 15 is 0 Å². The maximum atomic E-state index is 10.2. The van der Waals surface area contributed by atoms with Gasteiger partial charge in [-0.05, 0) is 12.6 Å². The second-order valence-electron chi connectivity index (χ2n) is 4.12. The largest absolute Gasteiger partial charge is 0.497 e. The zero-order chi connectivity index (χ0) is 12.4. The summed E-state index contributed by atoms with van der Waals surface area (Å²) in [7, 11) is 3.18. The number of rotatable bonds is 3. The standard InChI is InChI=1S/C12H18N2O3/c1-16-8-3-9-11(10(4-8)17-2)14-6-7(5-13)12(9)15/h3-4,7,12,14-15H,5-6,13H2,1-2H3/t7-,12+/m0/s1. The Morgan fingerprint density at radius 3 is 2.76 bits per heavy atom. The number of aliphatic hydroxyl groups is 1. The lowest BCUT2D eigenvalue weighted by molar-refractivity contribution is 0.114. The van der Waals surface area contributed by atoms with Gasteiger partial charge in [0.25, 0.3) is 0 Å². The van der Waals surface area contributed by atoms with Crippen LogP contribution < -0.4 is 20.5 Å². The van der Waals surface area contributed by atoms with E-state index in [0.29, 0.717) is 24.6 Å². The molecule has 0 bridgehead atoms. The van der Waals surface area contributed by atoms with E-state index in [1.807, 2.05) is 6.07 Å². The van der Waals surface area contributed by atoms with E-state index in [1.165, 1.54) is 0 Å². The lowest BCUT2D eigenvalue weighted by Gasteiger charge is -2.31. The van der Waals surface area contributed by atoms with Crippen molar-refractivity contribution < 1.29 is 14.6 Å². The molecule has 5 nitrogen and oxygen atoms in total. The van der Waals surface area contributed by atoms with Crippen molar-refractivity contribution in [3.63, 3.8) is 0 Å².